The zero-order valence-corrected chi connectivity index (χ0v) is 10.8. The van der Waals surface area contributed by atoms with Gasteiger partial charge in [-0.25, -0.2) is 4.98 Å². The van der Waals surface area contributed by atoms with Crippen LogP contribution in [0.15, 0.2) is 53.1 Å². The van der Waals surface area contributed by atoms with E-state index in [-0.39, 0.29) is 12.4 Å². The standard InChI is InChI=1S/C13H8BrN.ClH/c14-13-8-4-7-12(15-13)10-9-11-5-2-1-3-6-11;/h1-8H;1H. The molecule has 2 aromatic rings. The molecule has 2 rings (SSSR count). The Kier molecular flexibility index (Phi) is 5.04. The molecule has 0 unspecified atom stereocenters. The number of benzene rings is 1. The lowest BCUT2D eigenvalue weighted by atomic mass is 10.2. The molecule has 0 radical (unpaired) electrons. The van der Waals surface area contributed by atoms with E-state index >= 15 is 0 Å². The average molecular weight is 295 g/mol. The maximum absolute atomic E-state index is 4.23. The van der Waals surface area contributed by atoms with E-state index in [1.807, 2.05) is 48.5 Å². The molecule has 1 aromatic heterocycles. The van der Waals surface area contributed by atoms with Gasteiger partial charge in [-0.05, 0) is 46.1 Å². The summed E-state index contributed by atoms with van der Waals surface area (Å²) >= 11 is 3.31. The van der Waals surface area contributed by atoms with Crippen LogP contribution in [-0.2, 0) is 0 Å². The van der Waals surface area contributed by atoms with Crippen molar-refractivity contribution >= 4 is 28.3 Å². The van der Waals surface area contributed by atoms with Crippen LogP contribution in [0.3, 0.4) is 0 Å². The minimum absolute atomic E-state index is 0. The first kappa shape index (κ1) is 12.8. The maximum Gasteiger partial charge on any atom is 0.114 e. The van der Waals surface area contributed by atoms with Gasteiger partial charge in [0.15, 0.2) is 0 Å². The molecule has 0 saturated carbocycles. The van der Waals surface area contributed by atoms with Crippen molar-refractivity contribution in [2.24, 2.45) is 0 Å². The van der Waals surface area contributed by atoms with Gasteiger partial charge in [0.25, 0.3) is 0 Å². The van der Waals surface area contributed by atoms with Crippen LogP contribution in [0.2, 0.25) is 0 Å². The monoisotopic (exact) mass is 293 g/mol. The molecule has 1 nitrogen and oxygen atoms in total. The Hall–Kier alpha value is -1.30. The third kappa shape index (κ3) is 3.69. The Morgan fingerprint density at radius 2 is 1.62 bits per heavy atom. The Morgan fingerprint density at radius 1 is 0.875 bits per heavy atom. The molecule has 1 heterocycles. The van der Waals surface area contributed by atoms with Crippen molar-refractivity contribution < 1.29 is 0 Å². The molecule has 0 aliphatic heterocycles. The van der Waals surface area contributed by atoms with Crippen molar-refractivity contribution in [2.45, 2.75) is 0 Å². The summed E-state index contributed by atoms with van der Waals surface area (Å²) in [5, 5.41) is 0. The number of nitrogens with zero attached hydrogens (tertiary/aromatic N) is 1. The number of halogens is 2. The molecule has 1 aromatic carbocycles. The van der Waals surface area contributed by atoms with Gasteiger partial charge in [0.2, 0.25) is 0 Å². The summed E-state index contributed by atoms with van der Waals surface area (Å²) in [6.45, 7) is 0. The van der Waals surface area contributed by atoms with E-state index in [4.69, 9.17) is 0 Å². The first-order valence-electron chi connectivity index (χ1n) is 4.54. The predicted octanol–water partition coefficient (Wildman–Crippen LogP) is 3.67. The first-order valence-corrected chi connectivity index (χ1v) is 5.33. The molecular formula is C13H9BrClN. The highest BCUT2D eigenvalue weighted by Crippen LogP contribution is 2.05. The Morgan fingerprint density at radius 3 is 2.31 bits per heavy atom. The minimum atomic E-state index is 0. The highest BCUT2D eigenvalue weighted by Gasteiger charge is 1.89. The number of pyridine rings is 1. The Balaban J connectivity index is 0.00000128. The highest BCUT2D eigenvalue weighted by molar-refractivity contribution is 9.10. The molecule has 0 N–H and O–H groups in total. The third-order valence-corrected chi connectivity index (χ3v) is 2.27. The summed E-state index contributed by atoms with van der Waals surface area (Å²) in [5.74, 6) is 6.07. The lowest BCUT2D eigenvalue weighted by Gasteiger charge is -1.90. The van der Waals surface area contributed by atoms with E-state index in [1.165, 1.54) is 0 Å². The van der Waals surface area contributed by atoms with Gasteiger partial charge in [0, 0.05) is 5.56 Å². The van der Waals surface area contributed by atoms with Gasteiger partial charge >= 0.3 is 0 Å². The second kappa shape index (κ2) is 6.32. The van der Waals surface area contributed by atoms with E-state index in [0.717, 1.165) is 15.9 Å². The average Bonchev–Trinajstić information content (AvgIpc) is 2.28. The zero-order chi connectivity index (χ0) is 10.5. The maximum atomic E-state index is 4.23. The largest absolute Gasteiger partial charge is 0.232 e. The van der Waals surface area contributed by atoms with Crippen molar-refractivity contribution in [3.63, 3.8) is 0 Å². The molecule has 0 spiro atoms. The fraction of sp³-hybridized carbons (Fsp3) is 0. The molecule has 0 amide bonds. The molecule has 0 saturated heterocycles. The van der Waals surface area contributed by atoms with Crippen LogP contribution >= 0.6 is 28.3 Å². The lowest BCUT2D eigenvalue weighted by molar-refractivity contribution is 1.24. The van der Waals surface area contributed by atoms with Crippen LogP contribution < -0.4 is 0 Å². The normalized spacial score (nSPS) is 8.56. The van der Waals surface area contributed by atoms with E-state index < -0.39 is 0 Å². The fourth-order valence-corrected chi connectivity index (χ4v) is 1.48. The molecule has 80 valence electrons. The van der Waals surface area contributed by atoms with Gasteiger partial charge < -0.3 is 0 Å². The lowest BCUT2D eigenvalue weighted by Crippen LogP contribution is -1.81. The first-order chi connectivity index (χ1) is 7.34. The van der Waals surface area contributed by atoms with E-state index in [0.29, 0.717) is 0 Å². The van der Waals surface area contributed by atoms with Crippen LogP contribution in [0.1, 0.15) is 11.3 Å². The van der Waals surface area contributed by atoms with Crippen LogP contribution in [0.5, 0.6) is 0 Å². The Bertz CT molecular complexity index is 514. The number of aromatic nitrogens is 1. The molecule has 0 aliphatic rings. The zero-order valence-electron chi connectivity index (χ0n) is 8.35. The molecular weight excluding hydrogens is 286 g/mol. The summed E-state index contributed by atoms with van der Waals surface area (Å²) in [6.07, 6.45) is 0. The molecule has 3 heteroatoms. The van der Waals surface area contributed by atoms with E-state index in [1.54, 1.807) is 0 Å². The van der Waals surface area contributed by atoms with Crippen LogP contribution in [0, 0.1) is 11.8 Å². The fourth-order valence-electron chi connectivity index (χ4n) is 1.14. The smallest absolute Gasteiger partial charge is 0.114 e. The minimum Gasteiger partial charge on any atom is -0.232 e. The van der Waals surface area contributed by atoms with Crippen LogP contribution in [-0.4, -0.2) is 4.98 Å². The molecule has 0 atom stereocenters. The molecule has 0 bridgehead atoms. The second-order valence-electron chi connectivity index (χ2n) is 2.96. The number of rotatable bonds is 0. The van der Waals surface area contributed by atoms with Crippen molar-refractivity contribution in [1.82, 2.24) is 4.98 Å². The van der Waals surface area contributed by atoms with Crippen LogP contribution in [0.25, 0.3) is 0 Å². The highest BCUT2D eigenvalue weighted by atomic mass is 79.9. The van der Waals surface area contributed by atoms with Gasteiger partial charge in [0.05, 0.1) is 0 Å². The van der Waals surface area contributed by atoms with Crippen molar-refractivity contribution in [1.29, 1.82) is 0 Å². The summed E-state index contributed by atoms with van der Waals surface area (Å²) in [5.41, 5.74) is 1.77. The van der Waals surface area contributed by atoms with Gasteiger partial charge in [-0.1, -0.05) is 30.2 Å². The molecule has 0 aliphatic carbocycles. The van der Waals surface area contributed by atoms with Gasteiger partial charge in [0.1, 0.15) is 10.3 Å². The second-order valence-corrected chi connectivity index (χ2v) is 3.77. The predicted molar refractivity (Wildman–Crippen MR) is 71.6 cm³/mol. The summed E-state index contributed by atoms with van der Waals surface area (Å²) in [4.78, 5) is 4.23. The van der Waals surface area contributed by atoms with Crippen molar-refractivity contribution in [3.8, 4) is 11.8 Å². The topological polar surface area (TPSA) is 12.9 Å². The van der Waals surface area contributed by atoms with Gasteiger partial charge in [-0.2, -0.15) is 0 Å². The van der Waals surface area contributed by atoms with E-state index in [2.05, 4.69) is 32.8 Å². The summed E-state index contributed by atoms with van der Waals surface area (Å²) in [6, 6.07) is 15.6. The molecule has 16 heavy (non-hydrogen) atoms. The number of hydrogen-bond donors (Lipinski definition) is 0. The van der Waals surface area contributed by atoms with Crippen molar-refractivity contribution in [3.05, 3.63) is 64.4 Å². The summed E-state index contributed by atoms with van der Waals surface area (Å²) in [7, 11) is 0. The van der Waals surface area contributed by atoms with Gasteiger partial charge in [-0.15, -0.1) is 12.4 Å². The van der Waals surface area contributed by atoms with Crippen LogP contribution in [0.4, 0.5) is 0 Å². The summed E-state index contributed by atoms with van der Waals surface area (Å²) < 4.78 is 0.808. The Labute approximate surface area is 109 Å². The SMILES string of the molecule is Brc1cccc(C#Cc2ccccc2)n1.Cl. The number of hydrogen-bond acceptors (Lipinski definition) is 1. The molecule has 0 fully saturated rings. The van der Waals surface area contributed by atoms with Gasteiger partial charge in [-0.3, -0.25) is 0 Å². The third-order valence-electron chi connectivity index (χ3n) is 1.82. The van der Waals surface area contributed by atoms with E-state index in [9.17, 15) is 0 Å². The quantitative estimate of drug-likeness (QED) is 0.534. The van der Waals surface area contributed by atoms with Crippen molar-refractivity contribution in [2.75, 3.05) is 0 Å².